The Morgan fingerprint density at radius 2 is 1.37 bits per heavy atom. The number of methoxy groups -OCH3 is 2. The van der Waals surface area contributed by atoms with Gasteiger partial charge in [-0.3, -0.25) is 0 Å². The molecule has 0 rings (SSSR count). The van der Waals surface area contributed by atoms with Crippen molar-refractivity contribution in [1.82, 2.24) is 0 Å². The van der Waals surface area contributed by atoms with E-state index in [2.05, 4.69) is 41.5 Å². The van der Waals surface area contributed by atoms with E-state index in [1.165, 1.54) is 0 Å². The summed E-state index contributed by atoms with van der Waals surface area (Å²) in [6, 6.07) is 0. The second-order valence-corrected chi connectivity index (χ2v) is 6.58. The molecule has 0 aromatic carbocycles. The minimum Gasteiger partial charge on any atom is -0.384 e. The summed E-state index contributed by atoms with van der Waals surface area (Å²) >= 11 is 0. The molecule has 0 saturated carbocycles. The van der Waals surface area contributed by atoms with Crippen LogP contribution in [-0.4, -0.2) is 39.6 Å². The Morgan fingerprint density at radius 1 is 0.895 bits per heavy atom. The van der Waals surface area contributed by atoms with Crippen molar-refractivity contribution < 1.29 is 14.2 Å². The van der Waals surface area contributed by atoms with Crippen LogP contribution in [0.15, 0.2) is 0 Å². The first kappa shape index (κ1) is 18.9. The SMILES string of the molecule is CCC(C)C(COC)(COC)COC(C)(C)C(C)C. The average Bonchev–Trinajstić information content (AvgIpc) is 2.35. The van der Waals surface area contributed by atoms with Gasteiger partial charge in [0.2, 0.25) is 0 Å². The lowest BCUT2D eigenvalue weighted by atomic mass is 9.76. The van der Waals surface area contributed by atoms with Crippen LogP contribution in [0.4, 0.5) is 0 Å². The summed E-state index contributed by atoms with van der Waals surface area (Å²) in [4.78, 5) is 0. The molecule has 0 fully saturated rings. The topological polar surface area (TPSA) is 27.7 Å². The maximum atomic E-state index is 6.22. The van der Waals surface area contributed by atoms with Crippen LogP contribution in [-0.2, 0) is 14.2 Å². The first-order valence-electron chi connectivity index (χ1n) is 7.37. The van der Waals surface area contributed by atoms with Crippen molar-refractivity contribution in [3.8, 4) is 0 Å². The summed E-state index contributed by atoms with van der Waals surface area (Å²) in [6.45, 7) is 15.2. The lowest BCUT2D eigenvalue weighted by Crippen LogP contribution is -2.45. The van der Waals surface area contributed by atoms with E-state index in [1.807, 2.05) is 0 Å². The molecule has 1 unspecified atom stereocenters. The van der Waals surface area contributed by atoms with E-state index in [0.29, 0.717) is 31.7 Å². The summed E-state index contributed by atoms with van der Waals surface area (Å²) in [7, 11) is 3.50. The summed E-state index contributed by atoms with van der Waals surface area (Å²) < 4.78 is 17.1. The molecule has 3 heteroatoms. The number of hydrogen-bond donors (Lipinski definition) is 0. The maximum absolute atomic E-state index is 6.22. The van der Waals surface area contributed by atoms with Gasteiger partial charge in [-0.25, -0.2) is 0 Å². The van der Waals surface area contributed by atoms with Gasteiger partial charge >= 0.3 is 0 Å². The van der Waals surface area contributed by atoms with Crippen molar-refractivity contribution >= 4 is 0 Å². The summed E-state index contributed by atoms with van der Waals surface area (Å²) in [5, 5.41) is 0. The molecular weight excluding hydrogens is 240 g/mol. The molecule has 0 aliphatic carbocycles. The normalized spacial score (nSPS) is 15.0. The Hall–Kier alpha value is -0.120. The highest BCUT2D eigenvalue weighted by Crippen LogP contribution is 2.34. The van der Waals surface area contributed by atoms with Crippen molar-refractivity contribution in [3.05, 3.63) is 0 Å². The third kappa shape index (κ3) is 5.41. The predicted octanol–water partition coefficient (Wildman–Crippen LogP) is 3.76. The smallest absolute Gasteiger partial charge is 0.0649 e. The van der Waals surface area contributed by atoms with E-state index >= 15 is 0 Å². The molecule has 0 N–H and O–H groups in total. The predicted molar refractivity (Wildman–Crippen MR) is 80.5 cm³/mol. The van der Waals surface area contributed by atoms with Gasteiger partial charge in [-0.15, -0.1) is 0 Å². The van der Waals surface area contributed by atoms with Crippen molar-refractivity contribution in [2.45, 2.75) is 53.6 Å². The van der Waals surface area contributed by atoms with Gasteiger partial charge in [0.05, 0.1) is 25.4 Å². The lowest BCUT2D eigenvalue weighted by molar-refractivity contribution is -0.136. The van der Waals surface area contributed by atoms with Crippen LogP contribution in [0.2, 0.25) is 0 Å². The van der Waals surface area contributed by atoms with Crippen LogP contribution in [0, 0.1) is 17.3 Å². The van der Waals surface area contributed by atoms with E-state index < -0.39 is 0 Å². The van der Waals surface area contributed by atoms with Gasteiger partial charge in [0, 0.05) is 19.6 Å². The minimum atomic E-state index is -0.125. The molecule has 0 amide bonds. The van der Waals surface area contributed by atoms with Crippen LogP contribution in [0.25, 0.3) is 0 Å². The Labute approximate surface area is 120 Å². The van der Waals surface area contributed by atoms with Gasteiger partial charge in [0.25, 0.3) is 0 Å². The zero-order valence-electron chi connectivity index (χ0n) is 14.2. The average molecular weight is 274 g/mol. The van der Waals surface area contributed by atoms with Gasteiger partial charge in [-0.05, 0) is 25.7 Å². The minimum absolute atomic E-state index is 0.0651. The molecule has 0 bridgehead atoms. The molecule has 116 valence electrons. The number of ether oxygens (including phenoxy) is 3. The molecular formula is C16H34O3. The quantitative estimate of drug-likeness (QED) is 0.607. The van der Waals surface area contributed by atoms with Gasteiger partial charge in [0.15, 0.2) is 0 Å². The molecule has 0 aromatic heterocycles. The van der Waals surface area contributed by atoms with Crippen molar-refractivity contribution in [1.29, 1.82) is 0 Å². The van der Waals surface area contributed by atoms with E-state index in [-0.39, 0.29) is 11.0 Å². The fourth-order valence-electron chi connectivity index (χ4n) is 2.06. The second kappa shape index (κ2) is 8.23. The first-order chi connectivity index (χ1) is 8.75. The monoisotopic (exact) mass is 274 g/mol. The van der Waals surface area contributed by atoms with Crippen LogP contribution in [0.1, 0.15) is 48.0 Å². The number of hydrogen-bond acceptors (Lipinski definition) is 3. The highest BCUT2D eigenvalue weighted by Gasteiger charge is 2.38. The van der Waals surface area contributed by atoms with E-state index in [4.69, 9.17) is 14.2 Å². The Kier molecular flexibility index (Phi) is 8.18. The van der Waals surface area contributed by atoms with Crippen molar-refractivity contribution in [3.63, 3.8) is 0 Å². The van der Waals surface area contributed by atoms with Crippen LogP contribution >= 0.6 is 0 Å². The zero-order chi connectivity index (χ0) is 15.1. The fraction of sp³-hybridized carbons (Fsp3) is 1.00. The third-order valence-corrected chi connectivity index (χ3v) is 4.64. The Balaban J connectivity index is 4.92. The van der Waals surface area contributed by atoms with E-state index in [9.17, 15) is 0 Å². The largest absolute Gasteiger partial charge is 0.384 e. The zero-order valence-corrected chi connectivity index (χ0v) is 14.2. The van der Waals surface area contributed by atoms with Gasteiger partial charge in [-0.2, -0.15) is 0 Å². The standard InChI is InChI=1S/C16H34O3/c1-9-14(4)16(10-17-7,11-18-8)12-19-15(5,6)13(2)3/h13-14H,9-12H2,1-8H3. The molecule has 1 atom stereocenters. The molecule has 0 spiro atoms. The van der Waals surface area contributed by atoms with Crippen molar-refractivity contribution in [2.24, 2.45) is 17.3 Å². The molecule has 0 aliphatic heterocycles. The van der Waals surface area contributed by atoms with Gasteiger partial charge in [-0.1, -0.05) is 34.1 Å². The van der Waals surface area contributed by atoms with Crippen molar-refractivity contribution in [2.75, 3.05) is 34.0 Å². The Morgan fingerprint density at radius 3 is 1.68 bits per heavy atom. The molecule has 0 aromatic rings. The lowest BCUT2D eigenvalue weighted by Gasteiger charge is -2.41. The molecule has 0 aliphatic rings. The fourth-order valence-corrected chi connectivity index (χ4v) is 2.06. The van der Waals surface area contributed by atoms with Crippen LogP contribution in [0.3, 0.4) is 0 Å². The van der Waals surface area contributed by atoms with Gasteiger partial charge < -0.3 is 14.2 Å². The molecule has 3 nitrogen and oxygen atoms in total. The maximum Gasteiger partial charge on any atom is 0.0649 e. The van der Waals surface area contributed by atoms with Crippen LogP contribution in [0.5, 0.6) is 0 Å². The van der Waals surface area contributed by atoms with E-state index in [1.54, 1.807) is 14.2 Å². The summed E-state index contributed by atoms with van der Waals surface area (Å²) in [5.74, 6) is 0.975. The first-order valence-corrected chi connectivity index (χ1v) is 7.37. The molecule has 19 heavy (non-hydrogen) atoms. The summed E-state index contributed by atoms with van der Waals surface area (Å²) in [5.41, 5.74) is -0.190. The summed E-state index contributed by atoms with van der Waals surface area (Å²) in [6.07, 6.45) is 1.10. The molecule has 0 heterocycles. The molecule has 0 saturated heterocycles. The van der Waals surface area contributed by atoms with E-state index in [0.717, 1.165) is 6.42 Å². The number of rotatable bonds is 10. The second-order valence-electron chi connectivity index (χ2n) is 6.58. The highest BCUT2D eigenvalue weighted by atomic mass is 16.5. The van der Waals surface area contributed by atoms with Gasteiger partial charge in [0.1, 0.15) is 0 Å². The third-order valence-electron chi connectivity index (χ3n) is 4.64. The highest BCUT2D eigenvalue weighted by molar-refractivity contribution is 4.86. The Bertz CT molecular complexity index is 230. The molecule has 0 radical (unpaired) electrons. The van der Waals surface area contributed by atoms with Crippen LogP contribution < -0.4 is 0 Å².